The molecule has 2 nitrogen and oxygen atoms in total. The van der Waals surface area contributed by atoms with Crippen LogP contribution in [0.25, 0.3) is 0 Å². The molecule has 1 aliphatic rings. The van der Waals surface area contributed by atoms with Crippen LogP contribution in [-0.4, -0.2) is 24.4 Å². The van der Waals surface area contributed by atoms with E-state index in [2.05, 4.69) is 25.1 Å². The van der Waals surface area contributed by atoms with E-state index in [1.807, 2.05) is 11.9 Å². The summed E-state index contributed by atoms with van der Waals surface area (Å²) >= 11 is 0. The van der Waals surface area contributed by atoms with E-state index in [0.29, 0.717) is 0 Å². The summed E-state index contributed by atoms with van der Waals surface area (Å²) in [7, 11) is 1.89. The fraction of sp³-hybridized carbons (Fsp3) is 0.500. The lowest BCUT2D eigenvalue weighted by Crippen LogP contribution is -2.26. The Bertz CT molecular complexity index is 398. The molecule has 1 aliphatic heterocycles. The monoisotopic (exact) mass is 217 g/mol. The highest BCUT2D eigenvalue weighted by Gasteiger charge is 2.19. The van der Waals surface area contributed by atoms with Gasteiger partial charge in [-0.3, -0.25) is 4.79 Å². The Kier molecular flexibility index (Phi) is 3.28. The number of carbonyl (C=O) groups is 1. The molecule has 0 unspecified atom stereocenters. The normalized spacial score (nSPS) is 15.9. The number of fused-ring (bicyclic) bond motifs is 1. The molecule has 86 valence electrons. The van der Waals surface area contributed by atoms with Gasteiger partial charge in [0.1, 0.15) is 0 Å². The summed E-state index contributed by atoms with van der Waals surface area (Å²) in [5.41, 5.74) is 3.42. The van der Waals surface area contributed by atoms with Crippen LogP contribution in [0.4, 0.5) is 0 Å². The molecule has 0 saturated heterocycles. The topological polar surface area (TPSA) is 20.3 Å². The van der Waals surface area contributed by atoms with Gasteiger partial charge in [-0.2, -0.15) is 0 Å². The Morgan fingerprint density at radius 1 is 1.38 bits per heavy atom. The molecule has 1 aromatic rings. The molecular weight excluding hydrogens is 198 g/mol. The lowest BCUT2D eigenvalue weighted by molar-refractivity contribution is 0.0800. The molecule has 0 bridgehead atoms. The number of hydrogen-bond acceptors (Lipinski definition) is 1. The van der Waals surface area contributed by atoms with Crippen molar-refractivity contribution < 1.29 is 4.79 Å². The molecule has 1 heterocycles. The lowest BCUT2D eigenvalue weighted by Gasteiger charge is -2.14. The molecule has 0 radical (unpaired) electrons. The zero-order valence-electron chi connectivity index (χ0n) is 10.1. The number of hydrogen-bond donors (Lipinski definition) is 0. The van der Waals surface area contributed by atoms with E-state index in [4.69, 9.17) is 0 Å². The quantitative estimate of drug-likeness (QED) is 0.745. The number of amides is 1. The van der Waals surface area contributed by atoms with Crippen molar-refractivity contribution in [1.29, 1.82) is 0 Å². The van der Waals surface area contributed by atoms with Crippen molar-refractivity contribution in [2.24, 2.45) is 0 Å². The van der Waals surface area contributed by atoms with Crippen molar-refractivity contribution in [3.63, 3.8) is 0 Å². The second-order valence-corrected chi connectivity index (χ2v) is 4.57. The molecule has 16 heavy (non-hydrogen) atoms. The summed E-state index contributed by atoms with van der Waals surface area (Å²) < 4.78 is 0. The molecule has 2 heteroatoms. The van der Waals surface area contributed by atoms with Gasteiger partial charge < -0.3 is 4.90 Å². The van der Waals surface area contributed by atoms with Crippen LogP contribution in [0.3, 0.4) is 0 Å². The van der Waals surface area contributed by atoms with Crippen molar-refractivity contribution in [1.82, 2.24) is 4.90 Å². The number of benzene rings is 1. The first-order chi connectivity index (χ1) is 7.72. The summed E-state index contributed by atoms with van der Waals surface area (Å²) in [5, 5.41) is 0. The average molecular weight is 217 g/mol. The molecule has 0 atom stereocenters. The predicted octanol–water partition coefficient (Wildman–Crippen LogP) is 2.66. The van der Waals surface area contributed by atoms with Gasteiger partial charge in [0, 0.05) is 19.2 Å². The van der Waals surface area contributed by atoms with Crippen molar-refractivity contribution in [2.75, 3.05) is 13.6 Å². The minimum absolute atomic E-state index is 0.186. The molecule has 1 amide bonds. The van der Waals surface area contributed by atoms with Gasteiger partial charge in [0.25, 0.3) is 5.91 Å². The van der Waals surface area contributed by atoms with E-state index in [0.717, 1.165) is 37.8 Å². The third-order valence-corrected chi connectivity index (χ3v) is 3.23. The summed E-state index contributed by atoms with van der Waals surface area (Å²) in [6, 6.07) is 6.39. The number of rotatable bonds is 2. The minimum atomic E-state index is 0.186. The Balaban J connectivity index is 2.38. The molecule has 1 aromatic carbocycles. The van der Waals surface area contributed by atoms with E-state index in [9.17, 15) is 4.79 Å². The van der Waals surface area contributed by atoms with Crippen LogP contribution in [0.15, 0.2) is 18.2 Å². The molecule has 0 aliphatic carbocycles. The van der Waals surface area contributed by atoms with E-state index < -0.39 is 0 Å². The second-order valence-electron chi connectivity index (χ2n) is 4.57. The van der Waals surface area contributed by atoms with Gasteiger partial charge in [-0.05, 0) is 36.5 Å². The predicted molar refractivity (Wildman–Crippen MR) is 65.7 cm³/mol. The van der Waals surface area contributed by atoms with Gasteiger partial charge in [-0.25, -0.2) is 0 Å². The minimum Gasteiger partial charge on any atom is -0.342 e. The van der Waals surface area contributed by atoms with Gasteiger partial charge in [-0.1, -0.05) is 25.5 Å². The third kappa shape index (κ3) is 2.11. The van der Waals surface area contributed by atoms with Crippen LogP contribution in [-0.2, 0) is 12.8 Å². The van der Waals surface area contributed by atoms with Gasteiger partial charge >= 0.3 is 0 Å². The smallest absolute Gasteiger partial charge is 0.253 e. The first-order valence-electron chi connectivity index (χ1n) is 6.09. The van der Waals surface area contributed by atoms with Crippen molar-refractivity contribution in [3.05, 3.63) is 34.9 Å². The van der Waals surface area contributed by atoms with Crippen molar-refractivity contribution in [2.45, 2.75) is 32.6 Å². The zero-order valence-corrected chi connectivity index (χ0v) is 10.1. The summed E-state index contributed by atoms with van der Waals surface area (Å²) in [4.78, 5) is 14.0. The van der Waals surface area contributed by atoms with E-state index in [1.54, 1.807) is 0 Å². The highest BCUT2D eigenvalue weighted by atomic mass is 16.2. The van der Waals surface area contributed by atoms with Crippen LogP contribution in [0.1, 0.15) is 41.3 Å². The maximum absolute atomic E-state index is 12.1. The van der Waals surface area contributed by atoms with Crippen LogP contribution >= 0.6 is 0 Å². The van der Waals surface area contributed by atoms with Crippen LogP contribution < -0.4 is 0 Å². The second kappa shape index (κ2) is 4.69. The third-order valence-electron chi connectivity index (χ3n) is 3.23. The van der Waals surface area contributed by atoms with Crippen LogP contribution in [0, 0.1) is 0 Å². The molecule has 0 saturated carbocycles. The van der Waals surface area contributed by atoms with Crippen LogP contribution in [0.2, 0.25) is 0 Å². The van der Waals surface area contributed by atoms with E-state index in [-0.39, 0.29) is 5.91 Å². The highest BCUT2D eigenvalue weighted by molar-refractivity contribution is 5.96. The Morgan fingerprint density at radius 2 is 2.19 bits per heavy atom. The fourth-order valence-corrected chi connectivity index (χ4v) is 2.30. The lowest BCUT2D eigenvalue weighted by atomic mass is 9.99. The fourth-order valence-electron chi connectivity index (χ4n) is 2.30. The van der Waals surface area contributed by atoms with E-state index >= 15 is 0 Å². The molecule has 0 fully saturated rings. The average Bonchev–Trinajstić information content (AvgIpc) is 2.42. The largest absolute Gasteiger partial charge is 0.342 e. The molecule has 0 spiro atoms. The molecule has 0 N–H and O–H groups in total. The Hall–Kier alpha value is -1.31. The summed E-state index contributed by atoms with van der Waals surface area (Å²) in [6.07, 6.45) is 4.28. The van der Waals surface area contributed by atoms with Crippen molar-refractivity contribution in [3.8, 4) is 0 Å². The van der Waals surface area contributed by atoms with Crippen molar-refractivity contribution >= 4 is 5.91 Å². The number of aryl methyl sites for hydroxylation is 2. The maximum Gasteiger partial charge on any atom is 0.253 e. The van der Waals surface area contributed by atoms with Crippen LogP contribution in [0.5, 0.6) is 0 Å². The SMILES string of the molecule is CCCc1ccc2c(c1)C(=O)N(C)CCC2. The summed E-state index contributed by atoms with van der Waals surface area (Å²) in [6.45, 7) is 3.04. The Labute approximate surface area is 97.3 Å². The first-order valence-corrected chi connectivity index (χ1v) is 6.09. The highest BCUT2D eigenvalue weighted by Crippen LogP contribution is 2.20. The zero-order chi connectivity index (χ0) is 11.5. The number of nitrogens with zero attached hydrogens (tertiary/aromatic N) is 1. The molecular formula is C14H19NO. The van der Waals surface area contributed by atoms with E-state index in [1.165, 1.54) is 11.1 Å². The van der Waals surface area contributed by atoms with Gasteiger partial charge in [0.2, 0.25) is 0 Å². The standard InChI is InChI=1S/C14H19NO/c1-3-5-11-7-8-12-6-4-9-15(2)14(16)13(12)10-11/h7-8,10H,3-6,9H2,1-2H3. The molecule has 0 aromatic heterocycles. The summed E-state index contributed by atoms with van der Waals surface area (Å²) in [5.74, 6) is 0.186. The first kappa shape index (κ1) is 11.2. The van der Waals surface area contributed by atoms with Gasteiger partial charge in [-0.15, -0.1) is 0 Å². The molecule has 2 rings (SSSR count). The number of carbonyl (C=O) groups excluding carboxylic acids is 1. The Morgan fingerprint density at radius 3 is 2.94 bits per heavy atom. The maximum atomic E-state index is 12.1. The van der Waals surface area contributed by atoms with Gasteiger partial charge in [0.15, 0.2) is 0 Å². The van der Waals surface area contributed by atoms with Gasteiger partial charge in [0.05, 0.1) is 0 Å².